The first-order chi connectivity index (χ1) is 12.4. The lowest BCUT2D eigenvalue weighted by atomic mass is 10.2. The molecule has 1 saturated carbocycles. The van der Waals surface area contributed by atoms with Crippen molar-refractivity contribution in [2.24, 2.45) is 5.92 Å². The van der Waals surface area contributed by atoms with Gasteiger partial charge in [-0.15, -0.1) is 0 Å². The van der Waals surface area contributed by atoms with Crippen LogP contribution >= 0.6 is 27.5 Å². The van der Waals surface area contributed by atoms with E-state index in [1.807, 2.05) is 6.92 Å². The summed E-state index contributed by atoms with van der Waals surface area (Å²) in [7, 11) is 0. The van der Waals surface area contributed by atoms with Gasteiger partial charge in [0.2, 0.25) is 0 Å². The molecule has 26 heavy (non-hydrogen) atoms. The topological polar surface area (TPSA) is 83.2 Å². The third-order valence-corrected chi connectivity index (χ3v) is 4.95. The van der Waals surface area contributed by atoms with Gasteiger partial charge in [-0.05, 0) is 43.9 Å². The molecule has 2 aromatic rings. The predicted molar refractivity (Wildman–Crippen MR) is 100 cm³/mol. The van der Waals surface area contributed by atoms with E-state index in [0.717, 1.165) is 12.8 Å². The number of hydroxylamine groups is 1. The number of anilines is 2. The molecule has 0 bridgehead atoms. The number of H-pyrrole nitrogens is 1. The smallest absolute Gasteiger partial charge is 0.278 e. The molecule has 6 nitrogen and oxygen atoms in total. The Morgan fingerprint density at radius 1 is 1.46 bits per heavy atom. The van der Waals surface area contributed by atoms with Crippen LogP contribution in [0.1, 0.15) is 30.1 Å². The Morgan fingerprint density at radius 3 is 2.85 bits per heavy atom. The maximum atomic E-state index is 14.1. The molecule has 1 aliphatic rings. The van der Waals surface area contributed by atoms with E-state index in [2.05, 4.69) is 31.7 Å². The highest BCUT2D eigenvalue weighted by molar-refractivity contribution is 9.10. The molecule has 0 aliphatic heterocycles. The fraction of sp³-hybridized carbons (Fsp3) is 0.294. The number of pyridine rings is 1. The van der Waals surface area contributed by atoms with Gasteiger partial charge in [-0.1, -0.05) is 27.5 Å². The number of rotatable bonds is 6. The van der Waals surface area contributed by atoms with Crippen LogP contribution in [0.3, 0.4) is 0 Å². The summed E-state index contributed by atoms with van der Waals surface area (Å²) in [5.41, 5.74) is 1.85. The van der Waals surface area contributed by atoms with Gasteiger partial charge in [-0.2, -0.15) is 0 Å². The number of carbonyl (C=O) groups excluding carboxylic acids is 1. The molecular weight excluding hydrogens is 429 g/mol. The van der Waals surface area contributed by atoms with Gasteiger partial charge in [-0.25, -0.2) is 9.87 Å². The van der Waals surface area contributed by atoms with Crippen molar-refractivity contribution in [3.63, 3.8) is 0 Å². The van der Waals surface area contributed by atoms with E-state index in [9.17, 15) is 14.0 Å². The maximum Gasteiger partial charge on any atom is 0.278 e. The molecule has 3 N–H and O–H groups in total. The van der Waals surface area contributed by atoms with Crippen LogP contribution in [0.25, 0.3) is 0 Å². The molecule has 0 spiro atoms. The zero-order chi connectivity index (χ0) is 18.8. The zero-order valence-corrected chi connectivity index (χ0v) is 16.1. The van der Waals surface area contributed by atoms with Crippen LogP contribution in [0.15, 0.2) is 33.7 Å². The highest BCUT2D eigenvalue weighted by Crippen LogP contribution is 2.34. The van der Waals surface area contributed by atoms with Crippen molar-refractivity contribution >= 4 is 44.8 Å². The van der Waals surface area contributed by atoms with Gasteiger partial charge >= 0.3 is 0 Å². The lowest BCUT2D eigenvalue weighted by Gasteiger charge is -2.16. The molecular formula is C17H16BrClFN3O3. The van der Waals surface area contributed by atoms with E-state index < -0.39 is 17.3 Å². The third-order valence-electron chi connectivity index (χ3n) is 4.09. The number of hydrogen-bond donors (Lipinski definition) is 3. The van der Waals surface area contributed by atoms with Crippen molar-refractivity contribution in [1.29, 1.82) is 0 Å². The van der Waals surface area contributed by atoms with Crippen LogP contribution in [-0.2, 0) is 4.84 Å². The van der Waals surface area contributed by atoms with E-state index in [1.54, 1.807) is 6.07 Å². The van der Waals surface area contributed by atoms with E-state index in [-0.39, 0.29) is 28.1 Å². The maximum absolute atomic E-state index is 14.1. The number of aromatic amines is 1. The summed E-state index contributed by atoms with van der Waals surface area (Å²) in [5, 5.41) is 2.46. The summed E-state index contributed by atoms with van der Waals surface area (Å²) in [5.74, 6) is -0.736. The second kappa shape index (κ2) is 7.77. The number of aromatic nitrogens is 1. The molecule has 0 radical (unpaired) electrons. The quantitative estimate of drug-likeness (QED) is 0.585. The van der Waals surface area contributed by atoms with Gasteiger partial charge in [0.05, 0.1) is 23.0 Å². The molecule has 1 unspecified atom stereocenters. The number of halogens is 3. The van der Waals surface area contributed by atoms with Crippen molar-refractivity contribution < 1.29 is 14.0 Å². The minimum Gasteiger partial charge on any atom is -0.351 e. The average molecular weight is 445 g/mol. The molecule has 1 atom stereocenters. The molecule has 1 aromatic heterocycles. The van der Waals surface area contributed by atoms with Crippen LogP contribution in [0.5, 0.6) is 0 Å². The summed E-state index contributed by atoms with van der Waals surface area (Å²) >= 11 is 9.21. The number of nitrogens with one attached hydrogen (secondary N) is 3. The van der Waals surface area contributed by atoms with Gasteiger partial charge in [0.15, 0.2) is 0 Å². The second-order valence-corrected chi connectivity index (χ2v) is 7.35. The standard InChI is InChI=1S/C17H16BrClFN3O3/c1-8(9-2-3-9)26-23-16(24)11-7-21-17(25)14(19)15(11)22-13-5-4-10(18)6-12(13)20/h4-9H,2-3H2,1H3,(H,23,24)(H2,21,22,25). The van der Waals surface area contributed by atoms with E-state index >= 15 is 0 Å². The fourth-order valence-corrected chi connectivity index (χ4v) is 2.93. The zero-order valence-electron chi connectivity index (χ0n) is 13.7. The lowest BCUT2D eigenvalue weighted by Crippen LogP contribution is -2.30. The monoisotopic (exact) mass is 443 g/mol. The normalized spacial score (nSPS) is 14.8. The largest absolute Gasteiger partial charge is 0.351 e. The van der Waals surface area contributed by atoms with Crippen LogP contribution in [0.2, 0.25) is 5.02 Å². The molecule has 3 rings (SSSR count). The molecule has 1 heterocycles. The Hall–Kier alpha value is -1.90. The van der Waals surface area contributed by atoms with Gasteiger partial charge in [-0.3, -0.25) is 14.4 Å². The average Bonchev–Trinajstić information content (AvgIpc) is 3.44. The highest BCUT2D eigenvalue weighted by atomic mass is 79.9. The predicted octanol–water partition coefficient (Wildman–Crippen LogP) is 4.13. The number of hydrogen-bond acceptors (Lipinski definition) is 4. The van der Waals surface area contributed by atoms with Crippen molar-refractivity contribution in [3.8, 4) is 0 Å². The Balaban J connectivity index is 1.86. The molecule has 1 amide bonds. The van der Waals surface area contributed by atoms with E-state index in [1.165, 1.54) is 18.3 Å². The Kier molecular flexibility index (Phi) is 5.64. The van der Waals surface area contributed by atoms with E-state index in [0.29, 0.717) is 10.4 Å². The SMILES string of the molecule is CC(ONC(=O)c1c[nH]c(=O)c(Cl)c1Nc1ccc(Br)cc1F)C1CC1. The van der Waals surface area contributed by atoms with Gasteiger partial charge in [0.1, 0.15) is 10.8 Å². The fourth-order valence-electron chi connectivity index (χ4n) is 2.40. The summed E-state index contributed by atoms with van der Waals surface area (Å²) in [6.45, 7) is 1.87. The summed E-state index contributed by atoms with van der Waals surface area (Å²) in [4.78, 5) is 32.0. The Bertz CT molecular complexity index is 901. The summed E-state index contributed by atoms with van der Waals surface area (Å²) in [6.07, 6.45) is 3.22. The van der Waals surface area contributed by atoms with Gasteiger partial charge in [0, 0.05) is 10.7 Å². The van der Waals surface area contributed by atoms with Crippen molar-refractivity contribution in [2.75, 3.05) is 5.32 Å². The first-order valence-corrected chi connectivity index (χ1v) is 9.13. The molecule has 1 aliphatic carbocycles. The van der Waals surface area contributed by atoms with Gasteiger partial charge < -0.3 is 10.3 Å². The first-order valence-electron chi connectivity index (χ1n) is 7.96. The minimum absolute atomic E-state index is 0.00295. The van der Waals surface area contributed by atoms with Crippen LogP contribution < -0.4 is 16.4 Å². The molecule has 138 valence electrons. The highest BCUT2D eigenvalue weighted by Gasteiger charge is 2.30. The molecule has 1 aromatic carbocycles. The third kappa shape index (κ3) is 4.25. The second-order valence-electron chi connectivity index (χ2n) is 6.06. The van der Waals surface area contributed by atoms with Crippen molar-refractivity contribution in [3.05, 3.63) is 55.6 Å². The molecule has 1 fully saturated rings. The van der Waals surface area contributed by atoms with Crippen LogP contribution in [0.4, 0.5) is 15.8 Å². The van der Waals surface area contributed by atoms with Gasteiger partial charge in [0.25, 0.3) is 11.5 Å². The van der Waals surface area contributed by atoms with Crippen LogP contribution in [0, 0.1) is 11.7 Å². The molecule has 9 heteroatoms. The summed E-state index contributed by atoms with van der Waals surface area (Å²) < 4.78 is 14.7. The number of amides is 1. The Labute approximate surface area is 162 Å². The van der Waals surface area contributed by atoms with E-state index in [4.69, 9.17) is 16.4 Å². The number of carbonyl (C=O) groups is 1. The summed E-state index contributed by atoms with van der Waals surface area (Å²) in [6, 6.07) is 4.33. The number of benzene rings is 1. The molecule has 0 saturated heterocycles. The lowest BCUT2D eigenvalue weighted by molar-refractivity contribution is -0.0170. The van der Waals surface area contributed by atoms with Crippen molar-refractivity contribution in [1.82, 2.24) is 10.5 Å². The Morgan fingerprint density at radius 2 is 2.19 bits per heavy atom. The minimum atomic E-state index is -0.601. The van der Waals surface area contributed by atoms with Crippen molar-refractivity contribution in [2.45, 2.75) is 25.9 Å². The first kappa shape index (κ1) is 18.9. The van der Waals surface area contributed by atoms with Crippen LogP contribution in [-0.4, -0.2) is 17.0 Å².